The number of hydrogen-bond donors (Lipinski definition) is 1. The van der Waals surface area contributed by atoms with Crippen LogP contribution in [-0.2, 0) is 6.54 Å². The number of aryl methyl sites for hydroxylation is 1. The smallest absolute Gasteiger partial charge is 0.121 e. The Labute approximate surface area is 147 Å². The summed E-state index contributed by atoms with van der Waals surface area (Å²) in [5, 5.41) is 11.6. The molecule has 0 saturated carbocycles. The van der Waals surface area contributed by atoms with Crippen molar-refractivity contribution in [3.63, 3.8) is 0 Å². The van der Waals surface area contributed by atoms with Crippen LogP contribution in [0, 0.1) is 6.92 Å². The van der Waals surface area contributed by atoms with Gasteiger partial charge in [-0.3, -0.25) is 4.90 Å². The first-order valence-electron chi connectivity index (χ1n) is 7.74. The maximum atomic E-state index is 10.1. The normalized spacial score (nSPS) is 15.9. The predicted molar refractivity (Wildman–Crippen MR) is 96.8 cm³/mol. The number of hydrogen-bond acceptors (Lipinski definition) is 3. The van der Waals surface area contributed by atoms with Gasteiger partial charge in [0.25, 0.3) is 0 Å². The van der Waals surface area contributed by atoms with E-state index in [4.69, 9.17) is 23.2 Å². The van der Waals surface area contributed by atoms with Crippen molar-refractivity contribution in [2.75, 3.05) is 31.1 Å². The Kier molecular flexibility index (Phi) is 5.00. The Morgan fingerprint density at radius 1 is 1.00 bits per heavy atom. The predicted octanol–water partition coefficient (Wildman–Crippen LogP) is 4.33. The Morgan fingerprint density at radius 2 is 1.70 bits per heavy atom. The summed E-state index contributed by atoms with van der Waals surface area (Å²) in [5.74, 6) is 0.281. The third-order valence-corrected chi connectivity index (χ3v) is 4.92. The maximum Gasteiger partial charge on any atom is 0.121 e. The van der Waals surface area contributed by atoms with Gasteiger partial charge in [0.1, 0.15) is 5.75 Å². The largest absolute Gasteiger partial charge is 0.508 e. The maximum absolute atomic E-state index is 10.1. The van der Waals surface area contributed by atoms with Crippen LogP contribution < -0.4 is 4.90 Å². The summed E-state index contributed by atoms with van der Waals surface area (Å²) < 4.78 is 0. The molecule has 0 bridgehead atoms. The van der Waals surface area contributed by atoms with Crippen LogP contribution in [0.4, 0.5) is 5.69 Å². The molecule has 0 unspecified atom stereocenters. The van der Waals surface area contributed by atoms with Crippen LogP contribution >= 0.6 is 23.2 Å². The van der Waals surface area contributed by atoms with Gasteiger partial charge < -0.3 is 10.0 Å². The van der Waals surface area contributed by atoms with E-state index in [2.05, 4.69) is 15.9 Å². The number of benzene rings is 2. The molecule has 2 aromatic rings. The van der Waals surface area contributed by atoms with Gasteiger partial charge in [-0.1, -0.05) is 35.3 Å². The van der Waals surface area contributed by atoms with E-state index >= 15 is 0 Å². The molecular formula is C18H20Cl2N2O. The van der Waals surface area contributed by atoms with E-state index in [9.17, 15) is 5.11 Å². The second-order valence-electron chi connectivity index (χ2n) is 5.96. The fraction of sp³-hybridized carbons (Fsp3) is 0.333. The zero-order valence-corrected chi connectivity index (χ0v) is 14.6. The average molecular weight is 351 g/mol. The number of para-hydroxylation sites is 1. The number of piperazine rings is 1. The minimum absolute atomic E-state index is 0.281. The van der Waals surface area contributed by atoms with Crippen LogP contribution in [-0.4, -0.2) is 36.2 Å². The van der Waals surface area contributed by atoms with Crippen LogP contribution in [0.1, 0.15) is 11.1 Å². The highest BCUT2D eigenvalue weighted by Crippen LogP contribution is 2.30. The molecule has 3 rings (SSSR count). The van der Waals surface area contributed by atoms with Crippen molar-refractivity contribution >= 4 is 28.9 Å². The van der Waals surface area contributed by atoms with Gasteiger partial charge in [-0.15, -0.1) is 0 Å². The molecule has 0 amide bonds. The second kappa shape index (κ2) is 7.00. The van der Waals surface area contributed by atoms with Gasteiger partial charge in [-0.05, 0) is 36.8 Å². The lowest BCUT2D eigenvalue weighted by Crippen LogP contribution is -2.46. The molecule has 1 saturated heterocycles. The molecule has 5 heteroatoms. The quantitative estimate of drug-likeness (QED) is 0.892. The molecule has 0 atom stereocenters. The zero-order valence-electron chi connectivity index (χ0n) is 13.1. The molecule has 1 N–H and O–H groups in total. The molecule has 122 valence electrons. The van der Waals surface area contributed by atoms with E-state index in [1.54, 1.807) is 6.07 Å². The molecule has 1 aliphatic rings. The Balaban J connectivity index is 1.65. The van der Waals surface area contributed by atoms with Crippen LogP contribution in [0.3, 0.4) is 0 Å². The first-order valence-corrected chi connectivity index (χ1v) is 8.50. The molecule has 2 aromatic carbocycles. The second-order valence-corrected chi connectivity index (χ2v) is 6.77. The van der Waals surface area contributed by atoms with Crippen molar-refractivity contribution < 1.29 is 5.11 Å². The molecule has 0 aliphatic carbocycles. The Morgan fingerprint density at radius 3 is 2.35 bits per heavy atom. The number of anilines is 1. The molecule has 0 spiro atoms. The first kappa shape index (κ1) is 16.4. The summed E-state index contributed by atoms with van der Waals surface area (Å²) in [4.78, 5) is 4.61. The summed E-state index contributed by atoms with van der Waals surface area (Å²) in [6.07, 6.45) is 0. The van der Waals surface area contributed by atoms with E-state index in [0.717, 1.165) is 48.0 Å². The van der Waals surface area contributed by atoms with Crippen molar-refractivity contribution in [2.24, 2.45) is 0 Å². The monoisotopic (exact) mass is 350 g/mol. The zero-order chi connectivity index (χ0) is 16.4. The van der Waals surface area contributed by atoms with E-state index < -0.39 is 0 Å². The Bertz CT molecular complexity index is 674. The van der Waals surface area contributed by atoms with E-state index in [-0.39, 0.29) is 5.75 Å². The summed E-state index contributed by atoms with van der Waals surface area (Å²) in [5.41, 5.74) is 2.87. The molecule has 1 heterocycles. The summed E-state index contributed by atoms with van der Waals surface area (Å²) in [6.45, 7) is 6.24. The summed E-state index contributed by atoms with van der Waals surface area (Å²) in [7, 11) is 0. The van der Waals surface area contributed by atoms with Gasteiger partial charge in [0.15, 0.2) is 0 Å². The van der Waals surface area contributed by atoms with Gasteiger partial charge in [0.2, 0.25) is 0 Å². The van der Waals surface area contributed by atoms with Crippen molar-refractivity contribution in [3.05, 3.63) is 57.6 Å². The fourth-order valence-corrected chi connectivity index (χ4v) is 3.57. The van der Waals surface area contributed by atoms with E-state index in [0.29, 0.717) is 11.6 Å². The lowest BCUT2D eigenvalue weighted by Gasteiger charge is -2.36. The number of rotatable bonds is 3. The third kappa shape index (κ3) is 3.74. The molecule has 3 nitrogen and oxygen atoms in total. The fourth-order valence-electron chi connectivity index (χ4n) is 2.99. The highest BCUT2D eigenvalue weighted by atomic mass is 35.5. The van der Waals surface area contributed by atoms with Crippen LogP contribution in [0.2, 0.25) is 10.0 Å². The number of halogens is 2. The highest BCUT2D eigenvalue weighted by Gasteiger charge is 2.20. The lowest BCUT2D eigenvalue weighted by molar-refractivity contribution is 0.247. The molecule has 1 aliphatic heterocycles. The van der Waals surface area contributed by atoms with E-state index in [1.807, 2.05) is 31.2 Å². The minimum Gasteiger partial charge on any atom is -0.508 e. The number of aromatic hydroxyl groups is 1. The van der Waals surface area contributed by atoms with Gasteiger partial charge in [-0.2, -0.15) is 0 Å². The molecule has 0 aromatic heterocycles. The summed E-state index contributed by atoms with van der Waals surface area (Å²) in [6, 6.07) is 11.6. The van der Waals surface area contributed by atoms with Crippen molar-refractivity contribution in [1.29, 1.82) is 0 Å². The number of phenols is 1. The number of nitrogens with zero attached hydrogens (tertiary/aromatic N) is 2. The number of phenolic OH excluding ortho intramolecular Hbond substituents is 1. The SMILES string of the molecule is Cc1cc(O)c(CN2CCN(c3ccccc3Cl)CC2)c(Cl)c1. The van der Waals surface area contributed by atoms with Gasteiger partial charge in [0.05, 0.1) is 10.7 Å². The molecular weight excluding hydrogens is 331 g/mol. The average Bonchev–Trinajstić information content (AvgIpc) is 2.52. The molecule has 0 radical (unpaired) electrons. The Hall–Kier alpha value is -1.42. The van der Waals surface area contributed by atoms with Crippen LogP contribution in [0.25, 0.3) is 0 Å². The topological polar surface area (TPSA) is 26.7 Å². The third-order valence-electron chi connectivity index (χ3n) is 4.26. The van der Waals surface area contributed by atoms with Crippen molar-refractivity contribution in [1.82, 2.24) is 4.90 Å². The van der Waals surface area contributed by atoms with Crippen molar-refractivity contribution in [2.45, 2.75) is 13.5 Å². The molecule has 23 heavy (non-hydrogen) atoms. The van der Waals surface area contributed by atoms with E-state index in [1.165, 1.54) is 0 Å². The van der Waals surface area contributed by atoms with Gasteiger partial charge in [-0.25, -0.2) is 0 Å². The van der Waals surface area contributed by atoms with Gasteiger partial charge in [0, 0.05) is 43.3 Å². The van der Waals surface area contributed by atoms with Gasteiger partial charge >= 0.3 is 0 Å². The first-order chi connectivity index (χ1) is 11.0. The summed E-state index contributed by atoms with van der Waals surface area (Å²) >= 11 is 12.6. The van der Waals surface area contributed by atoms with Crippen LogP contribution in [0.15, 0.2) is 36.4 Å². The minimum atomic E-state index is 0.281. The lowest BCUT2D eigenvalue weighted by atomic mass is 10.1. The highest BCUT2D eigenvalue weighted by molar-refractivity contribution is 6.33. The van der Waals surface area contributed by atoms with Crippen molar-refractivity contribution in [3.8, 4) is 5.75 Å². The standard InChI is InChI=1S/C18H20Cl2N2O/c1-13-10-16(20)14(18(23)11-13)12-21-6-8-22(9-7-21)17-5-3-2-4-15(17)19/h2-5,10-11,23H,6-9,12H2,1H3. The molecule has 1 fully saturated rings. The van der Waals surface area contributed by atoms with Crippen LogP contribution in [0.5, 0.6) is 5.75 Å².